The van der Waals surface area contributed by atoms with E-state index in [0.29, 0.717) is 27.5 Å². The number of rotatable bonds is 7. The van der Waals surface area contributed by atoms with E-state index in [1.807, 2.05) is 58.0 Å². The highest BCUT2D eigenvalue weighted by atomic mass is 35.5. The average molecular weight is 457 g/mol. The van der Waals surface area contributed by atoms with E-state index < -0.39 is 0 Å². The number of carbonyl (C=O) groups excluding carboxylic acids is 1. The summed E-state index contributed by atoms with van der Waals surface area (Å²) in [6.45, 7) is 1.91. The third-order valence-corrected chi connectivity index (χ3v) is 6.42. The van der Waals surface area contributed by atoms with E-state index in [1.165, 1.54) is 24.6 Å². The minimum absolute atomic E-state index is 0.156. The summed E-state index contributed by atoms with van der Waals surface area (Å²) in [5, 5.41) is 9.92. The first kappa shape index (κ1) is 21.7. The van der Waals surface area contributed by atoms with Gasteiger partial charge in [-0.05, 0) is 37.1 Å². The lowest BCUT2D eigenvalue weighted by Crippen LogP contribution is -2.33. The van der Waals surface area contributed by atoms with Gasteiger partial charge in [-0.25, -0.2) is 0 Å². The van der Waals surface area contributed by atoms with Gasteiger partial charge in [-0.1, -0.05) is 66.5 Å². The standard InChI is InChI=1S/C23H25ClN4O2S/c24-19-12-6-7-13-20(19)30-16-21-25-26-23(28(21)18-10-4-3-5-11-18)31-17-22(29)27-14-8-1-2-9-15-27/h3-7,10-13H,1-2,8-9,14-17H2. The summed E-state index contributed by atoms with van der Waals surface area (Å²) >= 11 is 7.62. The van der Waals surface area contributed by atoms with Gasteiger partial charge in [0.15, 0.2) is 11.0 Å². The number of benzene rings is 2. The fourth-order valence-corrected chi connectivity index (χ4v) is 4.63. The van der Waals surface area contributed by atoms with E-state index in [-0.39, 0.29) is 12.5 Å². The number of nitrogens with zero attached hydrogens (tertiary/aromatic N) is 4. The van der Waals surface area contributed by atoms with Crippen molar-refractivity contribution >= 4 is 29.3 Å². The van der Waals surface area contributed by atoms with E-state index >= 15 is 0 Å². The predicted octanol–water partition coefficient (Wildman–Crippen LogP) is 4.99. The molecule has 8 heteroatoms. The van der Waals surface area contributed by atoms with E-state index in [0.717, 1.165) is 31.6 Å². The molecule has 0 spiro atoms. The van der Waals surface area contributed by atoms with Crippen molar-refractivity contribution in [3.8, 4) is 11.4 Å². The van der Waals surface area contributed by atoms with E-state index in [2.05, 4.69) is 10.2 Å². The molecule has 1 amide bonds. The number of hydrogen-bond donors (Lipinski definition) is 0. The van der Waals surface area contributed by atoms with Crippen LogP contribution >= 0.6 is 23.4 Å². The van der Waals surface area contributed by atoms with Crippen molar-refractivity contribution in [2.45, 2.75) is 37.4 Å². The average Bonchev–Trinajstić information content (AvgIpc) is 3.00. The Hall–Kier alpha value is -2.51. The van der Waals surface area contributed by atoms with Crippen LogP contribution in [-0.4, -0.2) is 44.4 Å². The monoisotopic (exact) mass is 456 g/mol. The van der Waals surface area contributed by atoms with Gasteiger partial charge in [0.2, 0.25) is 5.91 Å². The lowest BCUT2D eigenvalue weighted by atomic mass is 10.2. The van der Waals surface area contributed by atoms with E-state index in [9.17, 15) is 4.79 Å². The highest BCUT2D eigenvalue weighted by molar-refractivity contribution is 7.99. The van der Waals surface area contributed by atoms with Crippen LogP contribution in [0.2, 0.25) is 5.02 Å². The van der Waals surface area contributed by atoms with Gasteiger partial charge in [-0.2, -0.15) is 0 Å². The van der Waals surface area contributed by atoms with Crippen molar-refractivity contribution in [2.24, 2.45) is 0 Å². The molecule has 1 saturated heterocycles. The molecule has 0 saturated carbocycles. The van der Waals surface area contributed by atoms with Crippen LogP contribution in [0, 0.1) is 0 Å². The van der Waals surface area contributed by atoms with Crippen LogP contribution in [0.3, 0.4) is 0 Å². The zero-order valence-corrected chi connectivity index (χ0v) is 18.8. The maximum atomic E-state index is 12.7. The number of likely N-dealkylation sites (tertiary alicyclic amines) is 1. The van der Waals surface area contributed by atoms with E-state index in [1.54, 1.807) is 6.07 Å². The lowest BCUT2D eigenvalue weighted by molar-refractivity contribution is -0.128. The van der Waals surface area contributed by atoms with Gasteiger partial charge in [0.1, 0.15) is 12.4 Å². The zero-order valence-electron chi connectivity index (χ0n) is 17.2. The molecule has 2 aromatic carbocycles. The molecule has 0 bridgehead atoms. The van der Waals surface area contributed by atoms with Crippen LogP contribution in [0.5, 0.6) is 5.75 Å². The summed E-state index contributed by atoms with van der Waals surface area (Å²) in [6.07, 6.45) is 4.57. The normalized spacial score (nSPS) is 14.3. The lowest BCUT2D eigenvalue weighted by Gasteiger charge is -2.20. The molecule has 0 N–H and O–H groups in total. The van der Waals surface area contributed by atoms with Crippen LogP contribution in [0.15, 0.2) is 59.8 Å². The Balaban J connectivity index is 1.50. The first-order chi connectivity index (χ1) is 15.2. The number of thioether (sulfide) groups is 1. The molecule has 1 aliphatic heterocycles. The Kier molecular flexibility index (Phi) is 7.48. The highest BCUT2D eigenvalue weighted by Gasteiger charge is 2.20. The maximum absolute atomic E-state index is 12.7. The molecule has 1 aromatic heterocycles. The summed E-state index contributed by atoms with van der Waals surface area (Å²) in [7, 11) is 0. The second kappa shape index (κ2) is 10.7. The highest BCUT2D eigenvalue weighted by Crippen LogP contribution is 2.26. The van der Waals surface area contributed by atoms with Crippen molar-refractivity contribution in [1.82, 2.24) is 19.7 Å². The minimum atomic E-state index is 0.156. The predicted molar refractivity (Wildman–Crippen MR) is 123 cm³/mol. The molecule has 0 atom stereocenters. The number of carbonyl (C=O) groups is 1. The molecule has 0 unspecified atom stereocenters. The molecule has 3 aromatic rings. The molecule has 0 radical (unpaired) electrons. The summed E-state index contributed by atoms with van der Waals surface area (Å²) in [5.41, 5.74) is 0.926. The minimum Gasteiger partial charge on any atom is -0.484 e. The summed E-state index contributed by atoms with van der Waals surface area (Å²) < 4.78 is 7.83. The van der Waals surface area contributed by atoms with Gasteiger partial charge in [0.25, 0.3) is 0 Å². The first-order valence-electron chi connectivity index (χ1n) is 10.5. The largest absolute Gasteiger partial charge is 0.484 e. The third kappa shape index (κ3) is 5.60. The van der Waals surface area contributed by atoms with Crippen molar-refractivity contribution in [3.05, 3.63) is 65.4 Å². The van der Waals surface area contributed by atoms with Gasteiger partial charge in [-0.3, -0.25) is 9.36 Å². The Labute approximate surface area is 191 Å². The molecule has 1 aliphatic rings. The van der Waals surface area contributed by atoms with Crippen molar-refractivity contribution in [2.75, 3.05) is 18.8 Å². The second-order valence-electron chi connectivity index (χ2n) is 7.37. The van der Waals surface area contributed by atoms with Gasteiger partial charge in [0, 0.05) is 18.8 Å². The number of para-hydroxylation sites is 2. The van der Waals surface area contributed by atoms with Crippen LogP contribution in [-0.2, 0) is 11.4 Å². The first-order valence-corrected chi connectivity index (χ1v) is 11.9. The van der Waals surface area contributed by atoms with Gasteiger partial charge in [0.05, 0.1) is 10.8 Å². The fourth-order valence-electron chi connectivity index (χ4n) is 3.57. The van der Waals surface area contributed by atoms with Crippen LogP contribution in [0.25, 0.3) is 5.69 Å². The summed E-state index contributed by atoms with van der Waals surface area (Å²) in [5.74, 6) is 1.74. The summed E-state index contributed by atoms with van der Waals surface area (Å²) in [4.78, 5) is 14.7. The van der Waals surface area contributed by atoms with Crippen molar-refractivity contribution in [3.63, 3.8) is 0 Å². The van der Waals surface area contributed by atoms with Gasteiger partial charge in [-0.15, -0.1) is 10.2 Å². The quantitative estimate of drug-likeness (QED) is 0.468. The SMILES string of the molecule is O=C(CSc1nnc(COc2ccccc2Cl)n1-c1ccccc1)N1CCCCCC1. The number of hydrogen-bond acceptors (Lipinski definition) is 5. The van der Waals surface area contributed by atoms with Crippen LogP contribution in [0.4, 0.5) is 0 Å². The van der Waals surface area contributed by atoms with Crippen molar-refractivity contribution in [1.29, 1.82) is 0 Å². The Morgan fingerprint density at radius 3 is 2.42 bits per heavy atom. The number of halogens is 1. The topological polar surface area (TPSA) is 60.2 Å². The number of ether oxygens (including phenoxy) is 1. The molecule has 0 aliphatic carbocycles. The molecule has 4 rings (SSSR count). The van der Waals surface area contributed by atoms with E-state index in [4.69, 9.17) is 16.3 Å². The maximum Gasteiger partial charge on any atom is 0.233 e. The van der Waals surface area contributed by atoms with Crippen molar-refractivity contribution < 1.29 is 9.53 Å². The zero-order chi connectivity index (χ0) is 21.5. The number of amides is 1. The Bertz CT molecular complexity index is 1000. The smallest absolute Gasteiger partial charge is 0.233 e. The second-order valence-corrected chi connectivity index (χ2v) is 8.72. The molecule has 6 nitrogen and oxygen atoms in total. The molecular formula is C23H25ClN4O2S. The van der Waals surface area contributed by atoms with Crippen LogP contribution < -0.4 is 4.74 Å². The molecule has 2 heterocycles. The Morgan fingerprint density at radius 1 is 0.968 bits per heavy atom. The fraction of sp³-hybridized carbons (Fsp3) is 0.348. The molecule has 1 fully saturated rings. The van der Waals surface area contributed by atoms with Gasteiger partial charge >= 0.3 is 0 Å². The third-order valence-electron chi connectivity index (χ3n) is 5.19. The molecule has 31 heavy (non-hydrogen) atoms. The number of aromatic nitrogens is 3. The molecule has 162 valence electrons. The Morgan fingerprint density at radius 2 is 1.68 bits per heavy atom. The molecular weight excluding hydrogens is 432 g/mol. The van der Waals surface area contributed by atoms with Crippen LogP contribution in [0.1, 0.15) is 31.5 Å². The summed E-state index contributed by atoms with van der Waals surface area (Å²) in [6, 6.07) is 17.2. The van der Waals surface area contributed by atoms with Gasteiger partial charge < -0.3 is 9.64 Å².